The standard InChI is InChI=1S/C11H15N3O3/c1-7(11(13)16)14-10(15)6-17-9-4-2-8(12)3-5-9/h2-5,7H,6,12H2,1H3,(H2,13,16)(H,14,15). The molecule has 0 saturated carbocycles. The van der Waals surface area contributed by atoms with Crippen LogP contribution < -0.4 is 21.5 Å². The first kappa shape index (κ1) is 12.8. The zero-order valence-electron chi connectivity index (χ0n) is 9.47. The van der Waals surface area contributed by atoms with E-state index in [-0.39, 0.29) is 6.61 Å². The second-order valence-electron chi connectivity index (χ2n) is 3.55. The van der Waals surface area contributed by atoms with Crippen molar-refractivity contribution in [2.75, 3.05) is 12.3 Å². The highest BCUT2D eigenvalue weighted by molar-refractivity contribution is 5.86. The average Bonchev–Trinajstić information content (AvgIpc) is 2.28. The fourth-order valence-corrected chi connectivity index (χ4v) is 1.07. The van der Waals surface area contributed by atoms with Crippen LogP contribution in [-0.2, 0) is 9.59 Å². The molecule has 1 unspecified atom stereocenters. The van der Waals surface area contributed by atoms with E-state index in [1.54, 1.807) is 24.3 Å². The number of hydrogen-bond acceptors (Lipinski definition) is 4. The van der Waals surface area contributed by atoms with Crippen molar-refractivity contribution in [3.63, 3.8) is 0 Å². The molecule has 17 heavy (non-hydrogen) atoms. The van der Waals surface area contributed by atoms with Gasteiger partial charge in [0.05, 0.1) is 0 Å². The number of nitrogen functional groups attached to an aromatic ring is 1. The molecule has 0 heterocycles. The first-order valence-corrected chi connectivity index (χ1v) is 5.06. The van der Waals surface area contributed by atoms with Crippen LogP contribution in [0, 0.1) is 0 Å². The second kappa shape index (κ2) is 5.74. The van der Waals surface area contributed by atoms with E-state index in [0.717, 1.165) is 0 Å². The molecule has 0 aliphatic carbocycles. The van der Waals surface area contributed by atoms with Gasteiger partial charge in [0.2, 0.25) is 5.91 Å². The van der Waals surface area contributed by atoms with E-state index in [2.05, 4.69) is 5.32 Å². The van der Waals surface area contributed by atoms with Crippen molar-refractivity contribution >= 4 is 17.5 Å². The molecule has 2 amide bonds. The lowest BCUT2D eigenvalue weighted by Gasteiger charge is -2.10. The Kier molecular flexibility index (Phi) is 4.33. The Hall–Kier alpha value is -2.24. The molecule has 6 heteroatoms. The summed E-state index contributed by atoms with van der Waals surface area (Å²) in [5, 5.41) is 2.40. The first-order chi connectivity index (χ1) is 7.99. The molecule has 1 aromatic rings. The second-order valence-corrected chi connectivity index (χ2v) is 3.55. The molecule has 0 saturated heterocycles. The van der Waals surface area contributed by atoms with Crippen molar-refractivity contribution in [3.8, 4) is 5.75 Å². The zero-order chi connectivity index (χ0) is 12.8. The molecule has 1 rings (SSSR count). The summed E-state index contributed by atoms with van der Waals surface area (Å²) < 4.78 is 5.18. The normalized spacial score (nSPS) is 11.6. The Morgan fingerprint density at radius 2 is 1.94 bits per heavy atom. The highest BCUT2D eigenvalue weighted by atomic mass is 16.5. The molecule has 0 spiro atoms. The van der Waals surface area contributed by atoms with Crippen LogP contribution in [0.3, 0.4) is 0 Å². The molecule has 0 radical (unpaired) electrons. The summed E-state index contributed by atoms with van der Waals surface area (Å²) in [4.78, 5) is 22.0. The third kappa shape index (κ3) is 4.42. The van der Waals surface area contributed by atoms with Crippen LogP contribution in [0.4, 0.5) is 5.69 Å². The number of rotatable bonds is 5. The maximum Gasteiger partial charge on any atom is 0.258 e. The Morgan fingerprint density at radius 1 is 1.35 bits per heavy atom. The number of nitrogens with one attached hydrogen (secondary N) is 1. The predicted octanol–water partition coefficient (Wildman–Crippen LogP) is -0.362. The molecule has 6 nitrogen and oxygen atoms in total. The summed E-state index contributed by atoms with van der Waals surface area (Å²) >= 11 is 0. The highest BCUT2D eigenvalue weighted by Gasteiger charge is 2.12. The fraction of sp³-hybridized carbons (Fsp3) is 0.273. The van der Waals surface area contributed by atoms with Crippen LogP contribution in [0.5, 0.6) is 5.75 Å². The van der Waals surface area contributed by atoms with Gasteiger partial charge < -0.3 is 21.5 Å². The molecule has 1 atom stereocenters. The number of ether oxygens (including phenoxy) is 1. The molecule has 1 aromatic carbocycles. The Morgan fingerprint density at radius 3 is 2.47 bits per heavy atom. The number of carbonyl (C=O) groups excluding carboxylic acids is 2. The maximum atomic E-state index is 11.3. The van der Waals surface area contributed by atoms with Crippen molar-refractivity contribution in [2.24, 2.45) is 5.73 Å². The van der Waals surface area contributed by atoms with E-state index in [9.17, 15) is 9.59 Å². The van der Waals surface area contributed by atoms with Crippen molar-refractivity contribution in [1.29, 1.82) is 0 Å². The third-order valence-electron chi connectivity index (χ3n) is 2.05. The number of benzene rings is 1. The van der Waals surface area contributed by atoms with Gasteiger partial charge in [-0.15, -0.1) is 0 Å². The minimum absolute atomic E-state index is 0.179. The number of hydrogen-bond donors (Lipinski definition) is 3. The van der Waals surface area contributed by atoms with Gasteiger partial charge in [0, 0.05) is 5.69 Å². The molecule has 0 aliphatic heterocycles. The third-order valence-corrected chi connectivity index (χ3v) is 2.05. The van der Waals surface area contributed by atoms with E-state index in [0.29, 0.717) is 11.4 Å². The average molecular weight is 237 g/mol. The summed E-state index contributed by atoms with van der Waals surface area (Å²) in [6.07, 6.45) is 0. The van der Waals surface area contributed by atoms with Crippen molar-refractivity contribution in [1.82, 2.24) is 5.32 Å². The molecular weight excluding hydrogens is 222 g/mol. The van der Waals surface area contributed by atoms with Crippen molar-refractivity contribution < 1.29 is 14.3 Å². The Bertz CT molecular complexity index is 403. The zero-order valence-corrected chi connectivity index (χ0v) is 9.47. The molecular formula is C11H15N3O3. The van der Waals surface area contributed by atoms with Crippen LogP contribution in [0.25, 0.3) is 0 Å². The van der Waals surface area contributed by atoms with Gasteiger partial charge in [0.25, 0.3) is 5.91 Å². The van der Waals surface area contributed by atoms with E-state index in [1.807, 2.05) is 0 Å². The van der Waals surface area contributed by atoms with Gasteiger partial charge in [0.1, 0.15) is 11.8 Å². The maximum absolute atomic E-state index is 11.3. The first-order valence-electron chi connectivity index (χ1n) is 5.06. The summed E-state index contributed by atoms with van der Waals surface area (Å²) in [6.45, 7) is 1.32. The lowest BCUT2D eigenvalue weighted by molar-refractivity contribution is -0.128. The molecule has 92 valence electrons. The van der Waals surface area contributed by atoms with E-state index in [1.165, 1.54) is 6.92 Å². The van der Waals surface area contributed by atoms with E-state index < -0.39 is 17.9 Å². The Balaban J connectivity index is 2.38. The smallest absolute Gasteiger partial charge is 0.258 e. The number of anilines is 1. The lowest BCUT2D eigenvalue weighted by atomic mass is 10.3. The van der Waals surface area contributed by atoms with Crippen LogP contribution in [0.1, 0.15) is 6.92 Å². The number of carbonyl (C=O) groups is 2. The van der Waals surface area contributed by atoms with Crippen molar-refractivity contribution in [2.45, 2.75) is 13.0 Å². The minimum atomic E-state index is -0.711. The Labute approximate surface area is 98.9 Å². The summed E-state index contributed by atoms with van der Waals surface area (Å²) in [6, 6.07) is 5.93. The predicted molar refractivity (Wildman–Crippen MR) is 63.1 cm³/mol. The van der Waals surface area contributed by atoms with Gasteiger partial charge >= 0.3 is 0 Å². The van der Waals surface area contributed by atoms with Gasteiger partial charge in [-0.3, -0.25) is 9.59 Å². The van der Waals surface area contributed by atoms with Gasteiger partial charge in [0.15, 0.2) is 6.61 Å². The summed E-state index contributed by atoms with van der Waals surface area (Å²) in [5.74, 6) is -0.472. The molecule has 5 N–H and O–H groups in total. The molecule has 0 fully saturated rings. The van der Waals surface area contributed by atoms with Crippen LogP contribution >= 0.6 is 0 Å². The van der Waals surface area contributed by atoms with Gasteiger partial charge in [-0.2, -0.15) is 0 Å². The van der Waals surface area contributed by atoms with Gasteiger partial charge in [-0.1, -0.05) is 0 Å². The van der Waals surface area contributed by atoms with Crippen LogP contribution in [0.2, 0.25) is 0 Å². The number of primary amides is 1. The van der Waals surface area contributed by atoms with Crippen molar-refractivity contribution in [3.05, 3.63) is 24.3 Å². The monoisotopic (exact) mass is 237 g/mol. The van der Waals surface area contributed by atoms with Crippen LogP contribution in [-0.4, -0.2) is 24.5 Å². The molecule has 0 bridgehead atoms. The SMILES string of the molecule is CC(NC(=O)COc1ccc(N)cc1)C(N)=O. The summed E-state index contributed by atoms with van der Waals surface area (Å²) in [5.41, 5.74) is 11.1. The molecule has 0 aromatic heterocycles. The van der Waals surface area contributed by atoms with E-state index in [4.69, 9.17) is 16.2 Å². The quantitative estimate of drug-likeness (QED) is 0.607. The largest absolute Gasteiger partial charge is 0.484 e. The number of nitrogens with two attached hydrogens (primary N) is 2. The van der Waals surface area contributed by atoms with Crippen LogP contribution in [0.15, 0.2) is 24.3 Å². The highest BCUT2D eigenvalue weighted by Crippen LogP contribution is 2.12. The van der Waals surface area contributed by atoms with Gasteiger partial charge in [-0.05, 0) is 31.2 Å². The van der Waals surface area contributed by atoms with Gasteiger partial charge in [-0.25, -0.2) is 0 Å². The number of amides is 2. The summed E-state index contributed by atoms with van der Waals surface area (Å²) in [7, 11) is 0. The minimum Gasteiger partial charge on any atom is -0.484 e. The fourth-order valence-electron chi connectivity index (χ4n) is 1.07. The van der Waals surface area contributed by atoms with E-state index >= 15 is 0 Å². The molecule has 0 aliphatic rings. The topological polar surface area (TPSA) is 107 Å². The lowest BCUT2D eigenvalue weighted by Crippen LogP contribution is -2.44.